The van der Waals surface area contributed by atoms with Gasteiger partial charge in [0.2, 0.25) is 5.78 Å². The maximum absolute atomic E-state index is 12.6. The van der Waals surface area contributed by atoms with Gasteiger partial charge in [0, 0.05) is 41.2 Å². The molecule has 0 fully saturated rings. The highest BCUT2D eigenvalue weighted by Gasteiger charge is 2.26. The number of Topliss-reactive ketones (excluding diaryl/α,β-unsaturated/α-hetero) is 1. The van der Waals surface area contributed by atoms with Gasteiger partial charge in [0.05, 0.1) is 18.1 Å². The van der Waals surface area contributed by atoms with Gasteiger partial charge in [-0.2, -0.15) is 0 Å². The average molecular weight is 386 g/mol. The van der Waals surface area contributed by atoms with Crippen molar-refractivity contribution in [3.8, 4) is 11.1 Å². The monoisotopic (exact) mass is 386 g/mol. The summed E-state index contributed by atoms with van der Waals surface area (Å²) in [6, 6.07) is 16.1. The van der Waals surface area contributed by atoms with Crippen LogP contribution in [0.5, 0.6) is 0 Å². The number of hydrogen-bond donors (Lipinski definition) is 0. The first-order valence-electron chi connectivity index (χ1n) is 9.02. The van der Waals surface area contributed by atoms with E-state index < -0.39 is 4.92 Å². The van der Waals surface area contributed by atoms with Gasteiger partial charge in [0.25, 0.3) is 5.70 Å². The van der Waals surface area contributed by atoms with Gasteiger partial charge in [-0.15, -0.1) is 0 Å². The Hall–Kier alpha value is -3.93. The second-order valence-corrected chi connectivity index (χ2v) is 6.66. The lowest BCUT2D eigenvalue weighted by Crippen LogP contribution is -2.20. The summed E-state index contributed by atoms with van der Waals surface area (Å²) < 4.78 is 5.02. The molecule has 1 aliphatic carbocycles. The van der Waals surface area contributed by atoms with Gasteiger partial charge < -0.3 is 9.64 Å². The van der Waals surface area contributed by atoms with Gasteiger partial charge >= 0.3 is 0 Å². The third kappa shape index (κ3) is 3.14. The molecule has 2 aromatic rings. The SMILES string of the molecule is COC1=CC([N+](=O)[O-])=C/C(=C\C=C2/c3ccccc3-c3ccccc3N2C)C1=O. The Balaban J connectivity index is 1.84. The molecule has 2 aliphatic rings. The third-order valence-electron chi connectivity index (χ3n) is 5.04. The van der Waals surface area contributed by atoms with Crippen LogP contribution in [0.2, 0.25) is 0 Å². The minimum absolute atomic E-state index is 0.0494. The smallest absolute Gasteiger partial charge is 0.274 e. The van der Waals surface area contributed by atoms with E-state index in [0.717, 1.165) is 34.2 Å². The van der Waals surface area contributed by atoms with Gasteiger partial charge in [0.15, 0.2) is 5.76 Å². The second kappa shape index (κ2) is 7.24. The molecule has 0 amide bonds. The summed E-state index contributed by atoms with van der Waals surface area (Å²) in [6.07, 6.45) is 5.83. The van der Waals surface area contributed by atoms with Crippen molar-refractivity contribution in [2.24, 2.45) is 0 Å². The zero-order valence-corrected chi connectivity index (χ0v) is 16.0. The summed E-state index contributed by atoms with van der Waals surface area (Å²) in [7, 11) is 3.28. The highest BCUT2D eigenvalue weighted by molar-refractivity contribution is 6.10. The lowest BCUT2D eigenvalue weighted by atomic mass is 9.91. The molecule has 0 radical (unpaired) electrons. The Kier molecular flexibility index (Phi) is 4.60. The number of ether oxygens (including phenoxy) is 1. The molecule has 0 saturated carbocycles. The van der Waals surface area contributed by atoms with Crippen LogP contribution in [0, 0.1) is 10.1 Å². The lowest BCUT2D eigenvalue weighted by molar-refractivity contribution is -0.419. The number of carbonyl (C=O) groups is 1. The molecule has 0 unspecified atom stereocenters. The zero-order chi connectivity index (χ0) is 20.5. The van der Waals surface area contributed by atoms with Crippen molar-refractivity contribution < 1.29 is 14.5 Å². The van der Waals surface area contributed by atoms with Crippen LogP contribution in [0.15, 0.2) is 89.9 Å². The number of para-hydroxylation sites is 1. The fourth-order valence-corrected chi connectivity index (χ4v) is 3.61. The van der Waals surface area contributed by atoms with Crippen LogP contribution in [0.1, 0.15) is 5.56 Å². The summed E-state index contributed by atoms with van der Waals surface area (Å²) in [5, 5.41) is 11.2. The molecule has 0 bridgehead atoms. The Morgan fingerprint density at radius 2 is 1.62 bits per heavy atom. The van der Waals surface area contributed by atoms with E-state index in [2.05, 4.69) is 12.1 Å². The highest BCUT2D eigenvalue weighted by Crippen LogP contribution is 2.43. The number of ketones is 1. The Morgan fingerprint density at radius 1 is 0.966 bits per heavy atom. The van der Waals surface area contributed by atoms with Crippen molar-refractivity contribution in [3.63, 3.8) is 0 Å². The number of hydrogen-bond acceptors (Lipinski definition) is 5. The predicted molar refractivity (Wildman–Crippen MR) is 112 cm³/mol. The molecule has 29 heavy (non-hydrogen) atoms. The van der Waals surface area contributed by atoms with Crippen LogP contribution in [0.25, 0.3) is 16.8 Å². The van der Waals surface area contributed by atoms with Gasteiger partial charge in [-0.3, -0.25) is 14.9 Å². The Bertz CT molecular complexity index is 1150. The Labute approximate surface area is 167 Å². The molecule has 0 spiro atoms. The fourth-order valence-electron chi connectivity index (χ4n) is 3.61. The number of fused-ring (bicyclic) bond motifs is 3. The van der Waals surface area contributed by atoms with E-state index in [9.17, 15) is 14.9 Å². The maximum atomic E-state index is 12.6. The summed E-state index contributed by atoms with van der Waals surface area (Å²) >= 11 is 0. The fraction of sp³-hybridized carbons (Fsp3) is 0.0870. The predicted octanol–water partition coefficient (Wildman–Crippen LogP) is 4.34. The van der Waals surface area contributed by atoms with Crippen molar-refractivity contribution in [2.75, 3.05) is 19.1 Å². The van der Waals surface area contributed by atoms with E-state index in [1.807, 2.05) is 54.4 Å². The van der Waals surface area contributed by atoms with Crippen LogP contribution in [0.3, 0.4) is 0 Å². The van der Waals surface area contributed by atoms with E-state index >= 15 is 0 Å². The number of methoxy groups -OCH3 is 1. The largest absolute Gasteiger partial charge is 0.492 e. The van der Waals surface area contributed by atoms with Gasteiger partial charge in [-0.25, -0.2) is 0 Å². The molecular formula is C23H18N2O4. The molecule has 4 rings (SSSR count). The van der Waals surface area contributed by atoms with E-state index in [1.165, 1.54) is 13.2 Å². The number of nitrogens with zero attached hydrogens (tertiary/aromatic N) is 2. The first kappa shape index (κ1) is 18.4. The molecular weight excluding hydrogens is 368 g/mol. The molecule has 1 aliphatic heterocycles. The average Bonchev–Trinajstić information content (AvgIpc) is 2.74. The molecule has 6 nitrogen and oxygen atoms in total. The summed E-state index contributed by atoms with van der Waals surface area (Å²) in [5.74, 6) is -0.436. The van der Waals surface area contributed by atoms with E-state index in [-0.39, 0.29) is 22.8 Å². The maximum Gasteiger partial charge on any atom is 0.274 e. The van der Waals surface area contributed by atoms with Crippen LogP contribution in [-0.4, -0.2) is 24.9 Å². The van der Waals surface area contributed by atoms with Crippen molar-refractivity contribution in [1.82, 2.24) is 0 Å². The number of benzene rings is 2. The molecule has 6 heteroatoms. The summed E-state index contributed by atoms with van der Waals surface area (Å²) in [5.41, 5.74) is 5.20. The summed E-state index contributed by atoms with van der Waals surface area (Å²) in [6.45, 7) is 0. The minimum atomic E-state index is -0.537. The molecule has 0 aromatic heterocycles. The molecule has 1 heterocycles. The second-order valence-electron chi connectivity index (χ2n) is 6.66. The summed E-state index contributed by atoms with van der Waals surface area (Å²) in [4.78, 5) is 25.3. The number of anilines is 1. The topological polar surface area (TPSA) is 72.7 Å². The zero-order valence-electron chi connectivity index (χ0n) is 16.0. The normalized spacial score (nSPS) is 18.1. The van der Waals surface area contributed by atoms with Crippen LogP contribution in [-0.2, 0) is 9.53 Å². The van der Waals surface area contributed by atoms with Gasteiger partial charge in [-0.05, 0) is 23.8 Å². The lowest BCUT2D eigenvalue weighted by Gasteiger charge is -2.32. The minimum Gasteiger partial charge on any atom is -0.492 e. The van der Waals surface area contributed by atoms with Crippen molar-refractivity contribution in [2.45, 2.75) is 0 Å². The van der Waals surface area contributed by atoms with Gasteiger partial charge in [-0.1, -0.05) is 42.5 Å². The first-order valence-corrected chi connectivity index (χ1v) is 9.02. The molecule has 0 saturated heterocycles. The van der Waals surface area contributed by atoms with Crippen LogP contribution in [0.4, 0.5) is 5.69 Å². The molecule has 0 atom stereocenters. The third-order valence-corrected chi connectivity index (χ3v) is 5.04. The molecule has 2 aromatic carbocycles. The van der Waals surface area contributed by atoms with Crippen LogP contribution >= 0.6 is 0 Å². The number of nitro groups is 1. The van der Waals surface area contributed by atoms with Crippen molar-refractivity contribution in [3.05, 3.63) is 106 Å². The van der Waals surface area contributed by atoms with E-state index in [1.54, 1.807) is 6.08 Å². The molecule has 144 valence electrons. The number of allylic oxidation sites excluding steroid dienone is 5. The van der Waals surface area contributed by atoms with E-state index in [4.69, 9.17) is 4.74 Å². The Morgan fingerprint density at radius 3 is 2.31 bits per heavy atom. The van der Waals surface area contributed by atoms with Crippen LogP contribution < -0.4 is 4.90 Å². The highest BCUT2D eigenvalue weighted by atomic mass is 16.6. The standard InChI is InChI=1S/C23H18N2O4/c1-24-20-10-6-5-9-18(20)17-7-3-4-8-19(17)21(24)12-11-15-13-16(25(27)28)14-22(29-2)23(15)26/h3-14H,1-2H3/b15-11+,21-12+. The van der Waals surface area contributed by atoms with Gasteiger partial charge in [0.1, 0.15) is 0 Å². The molecule has 0 N–H and O–H groups in total. The number of carbonyl (C=O) groups excluding carboxylic acids is 1. The van der Waals surface area contributed by atoms with E-state index in [0.29, 0.717) is 0 Å². The number of rotatable bonds is 3. The quantitative estimate of drug-likeness (QED) is 0.446. The van der Waals surface area contributed by atoms with Crippen molar-refractivity contribution >= 4 is 17.2 Å². The van der Waals surface area contributed by atoms with Crippen molar-refractivity contribution in [1.29, 1.82) is 0 Å². The first-order chi connectivity index (χ1) is 14.0.